The average Bonchev–Trinajstić information content (AvgIpc) is 1.82. The highest BCUT2D eigenvalue weighted by Gasteiger charge is 2.23. The van der Waals surface area contributed by atoms with Crippen molar-refractivity contribution in [1.29, 1.82) is 0 Å². The molecular weight excluding hydrogens is 136 g/mol. The Hall–Kier alpha value is -0.300. The summed E-state index contributed by atoms with van der Waals surface area (Å²) in [6, 6.07) is 0. The van der Waals surface area contributed by atoms with Gasteiger partial charge in [0.2, 0.25) is 0 Å². The number of aliphatic hydroxyl groups is 1. The van der Waals surface area contributed by atoms with Crippen molar-refractivity contribution in [3.63, 3.8) is 0 Å². The van der Waals surface area contributed by atoms with Crippen molar-refractivity contribution in [2.75, 3.05) is 0 Å². The predicted molar refractivity (Wildman–Crippen MR) is 49.4 cm³/mol. The molecule has 0 aromatic rings. The van der Waals surface area contributed by atoms with Crippen LogP contribution in [0.2, 0.25) is 0 Å². The maximum atomic E-state index is 9.44. The van der Waals surface area contributed by atoms with Gasteiger partial charge in [0.1, 0.15) is 0 Å². The number of allylic oxidation sites excluding steroid dienone is 1. The standard InChI is InChI=1S/C9H16O.CH4/c1-6-4-7(2)8(3)9(10)5-6;/h5,7-10H,4H2,1-3H3;1H4. The lowest BCUT2D eigenvalue weighted by molar-refractivity contribution is 0.118. The first-order valence-electron chi connectivity index (χ1n) is 3.96. The van der Waals surface area contributed by atoms with Crippen LogP contribution in [0.5, 0.6) is 0 Å². The van der Waals surface area contributed by atoms with Gasteiger partial charge in [0.15, 0.2) is 0 Å². The van der Waals surface area contributed by atoms with Crippen molar-refractivity contribution in [3.05, 3.63) is 11.6 Å². The fourth-order valence-electron chi connectivity index (χ4n) is 1.54. The molecular formula is C10H20O. The Morgan fingerprint density at radius 3 is 2.45 bits per heavy atom. The zero-order valence-corrected chi connectivity index (χ0v) is 6.96. The van der Waals surface area contributed by atoms with E-state index >= 15 is 0 Å². The molecule has 0 heterocycles. The van der Waals surface area contributed by atoms with Gasteiger partial charge < -0.3 is 5.11 Å². The molecule has 1 N–H and O–H groups in total. The molecule has 1 heteroatoms. The van der Waals surface area contributed by atoms with Crippen molar-refractivity contribution < 1.29 is 5.11 Å². The summed E-state index contributed by atoms with van der Waals surface area (Å²) in [5.41, 5.74) is 1.33. The second-order valence-corrected chi connectivity index (χ2v) is 3.54. The summed E-state index contributed by atoms with van der Waals surface area (Å²) >= 11 is 0. The van der Waals surface area contributed by atoms with Gasteiger partial charge in [-0.05, 0) is 25.2 Å². The van der Waals surface area contributed by atoms with Crippen LogP contribution in [0, 0.1) is 11.8 Å². The first-order valence-corrected chi connectivity index (χ1v) is 3.96. The van der Waals surface area contributed by atoms with E-state index < -0.39 is 0 Å². The highest BCUT2D eigenvalue weighted by Crippen LogP contribution is 2.28. The lowest BCUT2D eigenvalue weighted by Gasteiger charge is -2.28. The highest BCUT2D eigenvalue weighted by molar-refractivity contribution is 5.08. The highest BCUT2D eigenvalue weighted by atomic mass is 16.3. The zero-order valence-electron chi connectivity index (χ0n) is 6.96. The van der Waals surface area contributed by atoms with Crippen LogP contribution in [0.15, 0.2) is 11.6 Å². The number of hydrogen-bond donors (Lipinski definition) is 1. The van der Waals surface area contributed by atoms with E-state index in [9.17, 15) is 5.11 Å². The molecule has 0 aromatic carbocycles. The van der Waals surface area contributed by atoms with Gasteiger partial charge in [0.05, 0.1) is 6.10 Å². The molecule has 3 unspecified atom stereocenters. The average molecular weight is 156 g/mol. The summed E-state index contributed by atoms with van der Waals surface area (Å²) in [6.07, 6.45) is 2.92. The number of hydrogen-bond acceptors (Lipinski definition) is 1. The van der Waals surface area contributed by atoms with Gasteiger partial charge >= 0.3 is 0 Å². The molecule has 1 rings (SSSR count). The van der Waals surface area contributed by atoms with Crippen LogP contribution >= 0.6 is 0 Å². The molecule has 1 aliphatic rings. The van der Waals surface area contributed by atoms with E-state index in [-0.39, 0.29) is 13.5 Å². The quantitative estimate of drug-likeness (QED) is 0.534. The van der Waals surface area contributed by atoms with Gasteiger partial charge in [-0.2, -0.15) is 0 Å². The lowest BCUT2D eigenvalue weighted by Crippen LogP contribution is -2.26. The third-order valence-electron chi connectivity index (χ3n) is 2.54. The van der Waals surface area contributed by atoms with E-state index in [1.807, 2.05) is 6.08 Å². The van der Waals surface area contributed by atoms with Crippen LogP contribution in [0.25, 0.3) is 0 Å². The lowest BCUT2D eigenvalue weighted by atomic mass is 9.81. The van der Waals surface area contributed by atoms with E-state index in [2.05, 4.69) is 20.8 Å². The van der Waals surface area contributed by atoms with Crippen LogP contribution in [0.4, 0.5) is 0 Å². The summed E-state index contributed by atoms with van der Waals surface area (Å²) in [5, 5.41) is 9.44. The van der Waals surface area contributed by atoms with E-state index in [0.29, 0.717) is 11.8 Å². The van der Waals surface area contributed by atoms with E-state index in [1.165, 1.54) is 5.57 Å². The van der Waals surface area contributed by atoms with Crippen molar-refractivity contribution >= 4 is 0 Å². The first-order chi connectivity index (χ1) is 4.61. The van der Waals surface area contributed by atoms with Crippen LogP contribution in [-0.2, 0) is 0 Å². The Bertz CT molecular complexity index is 149. The van der Waals surface area contributed by atoms with Gasteiger partial charge in [-0.15, -0.1) is 0 Å². The second-order valence-electron chi connectivity index (χ2n) is 3.54. The molecule has 3 atom stereocenters. The molecule has 0 saturated heterocycles. The second kappa shape index (κ2) is 3.91. The van der Waals surface area contributed by atoms with Gasteiger partial charge in [-0.1, -0.05) is 32.9 Å². The maximum Gasteiger partial charge on any atom is 0.0751 e. The summed E-state index contributed by atoms with van der Waals surface area (Å²) in [5.74, 6) is 1.07. The smallest absolute Gasteiger partial charge is 0.0751 e. The molecule has 1 aliphatic carbocycles. The van der Waals surface area contributed by atoms with Gasteiger partial charge in [0, 0.05) is 0 Å². The Morgan fingerprint density at radius 1 is 1.45 bits per heavy atom. The molecule has 0 radical (unpaired) electrons. The van der Waals surface area contributed by atoms with E-state index in [4.69, 9.17) is 0 Å². The fraction of sp³-hybridized carbons (Fsp3) is 0.800. The summed E-state index contributed by atoms with van der Waals surface area (Å²) < 4.78 is 0. The monoisotopic (exact) mass is 156 g/mol. The Labute approximate surface area is 70.1 Å². The van der Waals surface area contributed by atoms with E-state index in [0.717, 1.165) is 6.42 Å². The number of rotatable bonds is 0. The summed E-state index contributed by atoms with van der Waals surface area (Å²) in [7, 11) is 0. The van der Waals surface area contributed by atoms with Gasteiger partial charge in [0.25, 0.3) is 0 Å². The van der Waals surface area contributed by atoms with Crippen molar-refractivity contribution in [3.8, 4) is 0 Å². The number of aliphatic hydroxyl groups excluding tert-OH is 1. The topological polar surface area (TPSA) is 20.2 Å². The third-order valence-corrected chi connectivity index (χ3v) is 2.54. The normalized spacial score (nSPS) is 37.5. The van der Waals surface area contributed by atoms with Crippen molar-refractivity contribution in [2.24, 2.45) is 11.8 Å². The minimum Gasteiger partial charge on any atom is -0.389 e. The molecule has 0 aromatic heterocycles. The first kappa shape index (κ1) is 10.7. The van der Waals surface area contributed by atoms with Crippen molar-refractivity contribution in [2.45, 2.75) is 40.7 Å². The molecule has 0 aliphatic heterocycles. The molecule has 0 saturated carbocycles. The van der Waals surface area contributed by atoms with Crippen LogP contribution in [0.3, 0.4) is 0 Å². The van der Waals surface area contributed by atoms with Crippen LogP contribution in [0.1, 0.15) is 34.6 Å². The molecule has 0 bridgehead atoms. The minimum atomic E-state index is -0.205. The Kier molecular flexibility index (Phi) is 3.81. The van der Waals surface area contributed by atoms with Gasteiger partial charge in [-0.3, -0.25) is 0 Å². The predicted octanol–water partition coefficient (Wildman–Crippen LogP) is 2.61. The molecule has 0 spiro atoms. The maximum absolute atomic E-state index is 9.44. The summed E-state index contributed by atoms with van der Waals surface area (Å²) in [4.78, 5) is 0. The fourth-order valence-corrected chi connectivity index (χ4v) is 1.54. The molecule has 66 valence electrons. The zero-order chi connectivity index (χ0) is 7.72. The summed E-state index contributed by atoms with van der Waals surface area (Å²) in [6.45, 7) is 6.40. The van der Waals surface area contributed by atoms with Crippen LogP contribution < -0.4 is 0 Å². The molecule has 11 heavy (non-hydrogen) atoms. The molecule has 0 fully saturated rings. The largest absolute Gasteiger partial charge is 0.389 e. The molecule has 1 nitrogen and oxygen atoms in total. The third kappa shape index (κ3) is 2.33. The SMILES string of the molecule is C.CC1=CC(O)C(C)C(C)C1. The van der Waals surface area contributed by atoms with Crippen molar-refractivity contribution in [1.82, 2.24) is 0 Å². The van der Waals surface area contributed by atoms with Gasteiger partial charge in [-0.25, -0.2) is 0 Å². The Balaban J connectivity index is 0.000001000. The van der Waals surface area contributed by atoms with E-state index in [1.54, 1.807) is 0 Å². The molecule has 0 amide bonds. The van der Waals surface area contributed by atoms with Crippen LogP contribution in [-0.4, -0.2) is 11.2 Å². The Morgan fingerprint density at radius 2 is 2.00 bits per heavy atom. The minimum absolute atomic E-state index is 0.